The molecule has 0 aliphatic heterocycles. The minimum absolute atomic E-state index is 0.00938. The van der Waals surface area contributed by atoms with E-state index < -0.39 is 5.97 Å². The van der Waals surface area contributed by atoms with E-state index in [4.69, 9.17) is 13.9 Å². The SMILES string of the molecule is CCOC(=O)c1cnc(-c2ccc(OC)cc2)nc1Nc1oc(C)c(C(C)=O)c1C#N. The predicted octanol–water partition coefficient (Wildman–Crippen LogP) is 4.05. The highest BCUT2D eigenvalue weighted by Gasteiger charge is 2.24. The number of rotatable bonds is 7. The molecule has 3 aromatic rings. The number of benzene rings is 1. The van der Waals surface area contributed by atoms with Gasteiger partial charge in [-0.15, -0.1) is 0 Å². The van der Waals surface area contributed by atoms with Gasteiger partial charge in [-0.25, -0.2) is 14.8 Å². The Kier molecular flexibility index (Phi) is 6.31. The molecule has 0 unspecified atom stereocenters. The van der Waals surface area contributed by atoms with Crippen molar-refractivity contribution in [2.75, 3.05) is 19.0 Å². The molecule has 1 aromatic carbocycles. The van der Waals surface area contributed by atoms with Crippen LogP contribution in [0.3, 0.4) is 0 Å². The Morgan fingerprint density at radius 2 is 1.97 bits per heavy atom. The van der Waals surface area contributed by atoms with Gasteiger partial charge in [0.15, 0.2) is 17.4 Å². The topological polar surface area (TPSA) is 127 Å². The molecule has 0 saturated carbocycles. The molecule has 0 aliphatic carbocycles. The van der Waals surface area contributed by atoms with E-state index in [9.17, 15) is 14.9 Å². The van der Waals surface area contributed by atoms with E-state index >= 15 is 0 Å². The lowest BCUT2D eigenvalue weighted by molar-refractivity contribution is 0.0526. The lowest BCUT2D eigenvalue weighted by atomic mass is 10.1. The van der Waals surface area contributed by atoms with Crippen LogP contribution < -0.4 is 10.1 Å². The molecule has 0 saturated heterocycles. The minimum Gasteiger partial charge on any atom is -0.497 e. The van der Waals surface area contributed by atoms with Crippen molar-refractivity contribution in [2.24, 2.45) is 0 Å². The van der Waals surface area contributed by atoms with Crippen molar-refractivity contribution in [3.8, 4) is 23.2 Å². The van der Waals surface area contributed by atoms with E-state index in [-0.39, 0.29) is 46.5 Å². The third-order valence-corrected chi connectivity index (χ3v) is 4.41. The zero-order valence-electron chi connectivity index (χ0n) is 17.5. The molecule has 2 aromatic heterocycles. The van der Waals surface area contributed by atoms with Crippen molar-refractivity contribution < 1.29 is 23.5 Å². The number of hydrogen-bond acceptors (Lipinski definition) is 9. The molecule has 158 valence electrons. The fourth-order valence-electron chi connectivity index (χ4n) is 2.99. The van der Waals surface area contributed by atoms with Gasteiger partial charge in [-0.1, -0.05) is 0 Å². The lowest BCUT2D eigenvalue weighted by Gasteiger charge is -2.11. The van der Waals surface area contributed by atoms with Crippen molar-refractivity contribution in [3.05, 3.63) is 52.9 Å². The van der Waals surface area contributed by atoms with Crippen LogP contribution in [0.1, 0.15) is 45.9 Å². The first kappa shape index (κ1) is 21.5. The number of carbonyl (C=O) groups is 2. The summed E-state index contributed by atoms with van der Waals surface area (Å²) in [4.78, 5) is 33.0. The van der Waals surface area contributed by atoms with Crippen molar-refractivity contribution in [2.45, 2.75) is 20.8 Å². The van der Waals surface area contributed by atoms with Crippen molar-refractivity contribution in [3.63, 3.8) is 0 Å². The van der Waals surface area contributed by atoms with Crippen molar-refractivity contribution in [1.29, 1.82) is 5.26 Å². The highest BCUT2D eigenvalue weighted by molar-refractivity contribution is 6.00. The number of furan rings is 1. The number of aryl methyl sites for hydroxylation is 1. The highest BCUT2D eigenvalue weighted by Crippen LogP contribution is 2.31. The van der Waals surface area contributed by atoms with E-state index in [0.717, 1.165) is 0 Å². The van der Waals surface area contributed by atoms with E-state index in [0.29, 0.717) is 17.1 Å². The molecule has 3 rings (SSSR count). The van der Waals surface area contributed by atoms with Gasteiger partial charge in [0.25, 0.3) is 0 Å². The second-order valence-electron chi connectivity index (χ2n) is 6.44. The number of esters is 1. The number of aromatic nitrogens is 2. The predicted molar refractivity (Wildman–Crippen MR) is 111 cm³/mol. The molecule has 0 radical (unpaired) electrons. The Morgan fingerprint density at radius 3 is 2.55 bits per heavy atom. The third kappa shape index (κ3) is 4.38. The van der Waals surface area contributed by atoms with Crippen LogP contribution in [0, 0.1) is 18.3 Å². The van der Waals surface area contributed by atoms with Gasteiger partial charge in [0.05, 0.1) is 19.3 Å². The number of ketones is 1. The maximum absolute atomic E-state index is 12.4. The van der Waals surface area contributed by atoms with Gasteiger partial charge in [-0.3, -0.25) is 4.79 Å². The molecule has 1 N–H and O–H groups in total. The first-order valence-electron chi connectivity index (χ1n) is 9.39. The van der Waals surface area contributed by atoms with Gasteiger partial charge in [0.2, 0.25) is 5.88 Å². The second-order valence-corrected chi connectivity index (χ2v) is 6.44. The zero-order chi connectivity index (χ0) is 22.5. The van der Waals surface area contributed by atoms with E-state index in [1.54, 1.807) is 45.2 Å². The largest absolute Gasteiger partial charge is 0.497 e. The standard InChI is InChI=1S/C22H20N4O5/c1-5-30-22(28)17-11-24-19(14-6-8-15(29-4)9-7-14)25-20(17)26-21-16(10-23)18(12(2)27)13(3)31-21/h6-9,11H,5H2,1-4H3,(H,24,25,26). The summed E-state index contributed by atoms with van der Waals surface area (Å²) in [5.41, 5.74) is 0.942. The van der Waals surface area contributed by atoms with Gasteiger partial charge in [-0.05, 0) is 45.0 Å². The zero-order valence-corrected chi connectivity index (χ0v) is 17.5. The van der Waals surface area contributed by atoms with Gasteiger partial charge in [-0.2, -0.15) is 5.26 Å². The first-order chi connectivity index (χ1) is 14.9. The highest BCUT2D eigenvalue weighted by atomic mass is 16.5. The number of ether oxygens (including phenoxy) is 2. The lowest BCUT2D eigenvalue weighted by Crippen LogP contribution is -2.11. The van der Waals surface area contributed by atoms with Gasteiger partial charge in [0, 0.05) is 11.8 Å². The Labute approximate surface area is 178 Å². The molecule has 2 heterocycles. The quantitative estimate of drug-likeness (QED) is 0.445. The fraction of sp³-hybridized carbons (Fsp3) is 0.227. The average molecular weight is 420 g/mol. The smallest absolute Gasteiger partial charge is 0.343 e. The number of carbonyl (C=O) groups excluding carboxylic acids is 2. The average Bonchev–Trinajstić information content (AvgIpc) is 3.08. The van der Waals surface area contributed by atoms with Crippen LogP contribution in [0.25, 0.3) is 11.4 Å². The molecule has 9 heteroatoms. The summed E-state index contributed by atoms with van der Waals surface area (Å²) >= 11 is 0. The number of Topliss-reactive ketones (excluding diaryl/α,β-unsaturated/α-hetero) is 1. The van der Waals surface area contributed by atoms with Crippen LogP contribution >= 0.6 is 0 Å². The summed E-state index contributed by atoms with van der Waals surface area (Å²) < 4.78 is 15.8. The van der Waals surface area contributed by atoms with E-state index in [1.807, 2.05) is 6.07 Å². The normalized spacial score (nSPS) is 10.3. The van der Waals surface area contributed by atoms with Gasteiger partial charge < -0.3 is 19.2 Å². The van der Waals surface area contributed by atoms with Crippen LogP contribution in [0.15, 0.2) is 34.9 Å². The Balaban J connectivity index is 2.10. The van der Waals surface area contributed by atoms with Crippen LogP contribution in [0.2, 0.25) is 0 Å². The summed E-state index contributed by atoms with van der Waals surface area (Å²) in [6.07, 6.45) is 1.33. The number of nitriles is 1. The molecule has 31 heavy (non-hydrogen) atoms. The molecule has 0 amide bonds. The maximum Gasteiger partial charge on any atom is 0.343 e. The summed E-state index contributed by atoms with van der Waals surface area (Å²) in [5, 5.41) is 12.4. The summed E-state index contributed by atoms with van der Waals surface area (Å²) in [6.45, 7) is 4.77. The van der Waals surface area contributed by atoms with Gasteiger partial charge in [0.1, 0.15) is 28.7 Å². The van der Waals surface area contributed by atoms with Crippen molar-refractivity contribution >= 4 is 23.5 Å². The Bertz CT molecular complexity index is 1180. The third-order valence-electron chi connectivity index (χ3n) is 4.41. The molecule has 0 fully saturated rings. The molecular formula is C22H20N4O5. The molecular weight excluding hydrogens is 400 g/mol. The first-order valence-corrected chi connectivity index (χ1v) is 9.39. The number of hydrogen-bond donors (Lipinski definition) is 1. The Morgan fingerprint density at radius 1 is 1.26 bits per heavy atom. The van der Waals surface area contributed by atoms with E-state index in [2.05, 4.69) is 15.3 Å². The molecule has 0 aliphatic rings. The van der Waals surface area contributed by atoms with E-state index in [1.165, 1.54) is 13.1 Å². The second kappa shape index (κ2) is 9.09. The summed E-state index contributed by atoms with van der Waals surface area (Å²) in [6, 6.07) is 9.03. The Hall–Kier alpha value is -4.19. The van der Waals surface area contributed by atoms with Gasteiger partial charge >= 0.3 is 5.97 Å². The summed E-state index contributed by atoms with van der Waals surface area (Å²) in [5.74, 6) is 0.430. The van der Waals surface area contributed by atoms with Crippen LogP contribution in [-0.2, 0) is 4.74 Å². The number of methoxy groups -OCH3 is 1. The maximum atomic E-state index is 12.4. The summed E-state index contributed by atoms with van der Waals surface area (Å²) in [7, 11) is 1.56. The fourth-order valence-corrected chi connectivity index (χ4v) is 2.99. The number of nitrogens with zero attached hydrogens (tertiary/aromatic N) is 3. The molecule has 0 spiro atoms. The molecule has 0 bridgehead atoms. The minimum atomic E-state index is -0.639. The monoisotopic (exact) mass is 420 g/mol. The molecule has 9 nitrogen and oxygen atoms in total. The van der Waals surface area contributed by atoms with Crippen LogP contribution in [0.5, 0.6) is 5.75 Å². The molecule has 0 atom stereocenters. The number of anilines is 2. The van der Waals surface area contributed by atoms with Crippen LogP contribution in [-0.4, -0.2) is 35.4 Å². The van der Waals surface area contributed by atoms with Crippen LogP contribution in [0.4, 0.5) is 11.7 Å². The van der Waals surface area contributed by atoms with Crippen molar-refractivity contribution in [1.82, 2.24) is 9.97 Å². The number of nitrogens with one attached hydrogen (secondary N) is 1.